The van der Waals surface area contributed by atoms with Crippen LogP contribution in [0, 0.1) is 0 Å². The van der Waals surface area contributed by atoms with Crippen LogP contribution in [-0.4, -0.2) is 5.97 Å². The normalized spacial score (nSPS) is 10.5. The van der Waals surface area contributed by atoms with E-state index in [9.17, 15) is 4.79 Å². The summed E-state index contributed by atoms with van der Waals surface area (Å²) in [6.45, 7) is 3.01. The molecule has 0 N–H and O–H groups in total. The average molecular weight is 453 g/mol. The van der Waals surface area contributed by atoms with Crippen LogP contribution in [0.1, 0.15) is 39.5 Å². The topological polar surface area (TPSA) is 44.8 Å². The smallest absolute Gasteiger partial charge is 0.342 e. The van der Waals surface area contributed by atoms with E-state index in [-0.39, 0.29) is 6.61 Å². The SMILES string of the molecule is CCc1cc(C(=O)OCc2ccccc2)c(OCc2ccccc2)cc1OCc1ccccc1. The van der Waals surface area contributed by atoms with E-state index >= 15 is 0 Å². The van der Waals surface area contributed by atoms with Gasteiger partial charge in [-0.25, -0.2) is 4.79 Å². The molecule has 0 aliphatic carbocycles. The molecule has 0 aliphatic heterocycles. The summed E-state index contributed by atoms with van der Waals surface area (Å²) in [6.07, 6.45) is 0.710. The van der Waals surface area contributed by atoms with Crippen molar-refractivity contribution < 1.29 is 19.0 Å². The van der Waals surface area contributed by atoms with Crippen LogP contribution in [0.4, 0.5) is 0 Å². The summed E-state index contributed by atoms with van der Waals surface area (Å²) in [5.74, 6) is 0.729. The third-order valence-corrected chi connectivity index (χ3v) is 5.45. The van der Waals surface area contributed by atoms with E-state index in [1.165, 1.54) is 0 Å². The van der Waals surface area contributed by atoms with Gasteiger partial charge in [-0.2, -0.15) is 0 Å². The number of carbonyl (C=O) groups is 1. The quantitative estimate of drug-likeness (QED) is 0.249. The lowest BCUT2D eigenvalue weighted by atomic mass is 10.1. The van der Waals surface area contributed by atoms with Crippen molar-refractivity contribution in [3.63, 3.8) is 0 Å². The minimum absolute atomic E-state index is 0.200. The van der Waals surface area contributed by atoms with Gasteiger partial charge in [0.15, 0.2) is 0 Å². The molecule has 0 heterocycles. The first-order valence-electron chi connectivity index (χ1n) is 11.4. The summed E-state index contributed by atoms with van der Waals surface area (Å²) >= 11 is 0. The first-order valence-corrected chi connectivity index (χ1v) is 11.4. The molecule has 4 aromatic rings. The number of hydrogen-bond acceptors (Lipinski definition) is 4. The van der Waals surface area contributed by atoms with Gasteiger partial charge in [-0.15, -0.1) is 0 Å². The zero-order chi connectivity index (χ0) is 23.6. The molecule has 0 radical (unpaired) electrons. The Bertz CT molecular complexity index is 1190. The maximum Gasteiger partial charge on any atom is 0.342 e. The van der Waals surface area contributed by atoms with Gasteiger partial charge in [0, 0.05) is 6.07 Å². The van der Waals surface area contributed by atoms with Crippen molar-refractivity contribution in [3.05, 3.63) is 131 Å². The second kappa shape index (κ2) is 11.7. The number of hydrogen-bond donors (Lipinski definition) is 0. The molecular weight excluding hydrogens is 424 g/mol. The molecule has 0 saturated heterocycles. The Morgan fingerprint density at radius 1 is 0.618 bits per heavy atom. The highest BCUT2D eigenvalue weighted by Crippen LogP contribution is 2.32. The first-order chi connectivity index (χ1) is 16.7. The zero-order valence-electron chi connectivity index (χ0n) is 19.3. The van der Waals surface area contributed by atoms with Crippen LogP contribution in [0.25, 0.3) is 0 Å². The molecule has 0 fully saturated rings. The van der Waals surface area contributed by atoms with Gasteiger partial charge in [0.05, 0.1) is 0 Å². The predicted octanol–water partition coefficient (Wildman–Crippen LogP) is 6.76. The van der Waals surface area contributed by atoms with E-state index in [1.807, 2.05) is 110 Å². The fourth-order valence-corrected chi connectivity index (χ4v) is 3.57. The molecule has 0 bridgehead atoms. The minimum atomic E-state index is -0.420. The van der Waals surface area contributed by atoms with Gasteiger partial charge in [0.1, 0.15) is 36.9 Å². The van der Waals surface area contributed by atoms with Crippen molar-refractivity contribution >= 4 is 5.97 Å². The third kappa shape index (κ3) is 6.26. The number of benzene rings is 4. The predicted molar refractivity (Wildman–Crippen MR) is 133 cm³/mol. The lowest BCUT2D eigenvalue weighted by molar-refractivity contribution is 0.0467. The summed E-state index contributed by atoms with van der Waals surface area (Å²) in [7, 11) is 0. The highest BCUT2D eigenvalue weighted by Gasteiger charge is 2.19. The van der Waals surface area contributed by atoms with Gasteiger partial charge < -0.3 is 14.2 Å². The van der Waals surface area contributed by atoms with Gasteiger partial charge in [-0.05, 0) is 34.7 Å². The Kier molecular flexibility index (Phi) is 7.96. The first kappa shape index (κ1) is 23.1. The Labute approximate surface area is 200 Å². The zero-order valence-corrected chi connectivity index (χ0v) is 19.3. The number of esters is 1. The van der Waals surface area contributed by atoms with Crippen LogP contribution < -0.4 is 9.47 Å². The molecule has 0 spiro atoms. The fraction of sp³-hybridized carbons (Fsp3) is 0.167. The van der Waals surface area contributed by atoms with Crippen LogP contribution >= 0.6 is 0 Å². The van der Waals surface area contributed by atoms with E-state index in [0.717, 1.165) is 22.3 Å². The fourth-order valence-electron chi connectivity index (χ4n) is 3.57. The Balaban J connectivity index is 1.58. The highest BCUT2D eigenvalue weighted by molar-refractivity contribution is 5.93. The molecule has 34 heavy (non-hydrogen) atoms. The molecule has 0 aromatic heterocycles. The third-order valence-electron chi connectivity index (χ3n) is 5.45. The standard InChI is InChI=1S/C30H28O4/c1-2-26-18-27(30(31)34-22-25-16-10-5-11-17-25)29(33-21-24-14-8-4-9-15-24)19-28(26)32-20-23-12-6-3-7-13-23/h3-19H,2,20-22H2,1H3. The Morgan fingerprint density at radius 2 is 1.09 bits per heavy atom. The van der Waals surface area contributed by atoms with Gasteiger partial charge in [-0.3, -0.25) is 0 Å². The molecule has 0 aliphatic rings. The van der Waals surface area contributed by atoms with Crippen molar-refractivity contribution in [2.45, 2.75) is 33.2 Å². The molecule has 4 nitrogen and oxygen atoms in total. The number of rotatable bonds is 10. The minimum Gasteiger partial charge on any atom is -0.488 e. The Morgan fingerprint density at radius 3 is 1.59 bits per heavy atom. The summed E-state index contributed by atoms with van der Waals surface area (Å²) in [5.41, 5.74) is 4.34. The average Bonchev–Trinajstić information content (AvgIpc) is 2.91. The van der Waals surface area contributed by atoms with Crippen molar-refractivity contribution in [1.82, 2.24) is 0 Å². The van der Waals surface area contributed by atoms with Crippen LogP contribution in [0.3, 0.4) is 0 Å². The molecule has 0 amide bonds. The molecule has 172 valence electrons. The molecule has 0 unspecified atom stereocenters. The van der Waals surface area contributed by atoms with Crippen LogP contribution in [0.15, 0.2) is 103 Å². The number of aryl methyl sites for hydroxylation is 1. The maximum absolute atomic E-state index is 13.1. The van der Waals surface area contributed by atoms with Crippen LogP contribution in [0.2, 0.25) is 0 Å². The van der Waals surface area contributed by atoms with Gasteiger partial charge in [-0.1, -0.05) is 97.9 Å². The van der Waals surface area contributed by atoms with E-state index < -0.39 is 5.97 Å². The molecule has 0 saturated carbocycles. The maximum atomic E-state index is 13.1. The van der Waals surface area contributed by atoms with Crippen molar-refractivity contribution in [1.29, 1.82) is 0 Å². The Hall–Kier alpha value is -4.05. The molecular formula is C30H28O4. The van der Waals surface area contributed by atoms with Gasteiger partial charge in [0.25, 0.3) is 0 Å². The van der Waals surface area contributed by atoms with Crippen molar-refractivity contribution in [2.75, 3.05) is 0 Å². The summed E-state index contributed by atoms with van der Waals surface area (Å²) in [4.78, 5) is 13.1. The van der Waals surface area contributed by atoms with Crippen molar-refractivity contribution in [3.8, 4) is 11.5 Å². The van der Waals surface area contributed by atoms with E-state index in [1.54, 1.807) is 0 Å². The lowest BCUT2D eigenvalue weighted by Gasteiger charge is -2.17. The van der Waals surface area contributed by atoms with Gasteiger partial charge >= 0.3 is 5.97 Å². The van der Waals surface area contributed by atoms with E-state index in [2.05, 4.69) is 0 Å². The molecule has 0 atom stereocenters. The second-order valence-electron chi connectivity index (χ2n) is 7.92. The van der Waals surface area contributed by atoms with E-state index in [0.29, 0.717) is 36.7 Å². The molecule has 4 rings (SSSR count). The molecule has 4 heteroatoms. The largest absolute Gasteiger partial charge is 0.488 e. The summed E-state index contributed by atoms with van der Waals surface area (Å²) in [5, 5.41) is 0. The summed E-state index contributed by atoms with van der Waals surface area (Å²) in [6, 6.07) is 33.1. The lowest BCUT2D eigenvalue weighted by Crippen LogP contribution is -2.10. The number of carbonyl (C=O) groups excluding carboxylic acids is 1. The van der Waals surface area contributed by atoms with Crippen LogP contribution in [-0.2, 0) is 31.0 Å². The second-order valence-corrected chi connectivity index (χ2v) is 7.92. The van der Waals surface area contributed by atoms with Crippen molar-refractivity contribution in [2.24, 2.45) is 0 Å². The van der Waals surface area contributed by atoms with Crippen LogP contribution in [0.5, 0.6) is 11.5 Å². The summed E-state index contributed by atoms with van der Waals surface area (Å²) < 4.78 is 17.9. The highest BCUT2D eigenvalue weighted by atomic mass is 16.5. The van der Waals surface area contributed by atoms with Gasteiger partial charge in [0.2, 0.25) is 0 Å². The monoisotopic (exact) mass is 452 g/mol. The number of ether oxygens (including phenoxy) is 3. The van der Waals surface area contributed by atoms with E-state index in [4.69, 9.17) is 14.2 Å². The molecule has 4 aromatic carbocycles.